The summed E-state index contributed by atoms with van der Waals surface area (Å²) >= 11 is 6.59. The smallest absolute Gasteiger partial charge is 0.493 e. The van der Waals surface area contributed by atoms with E-state index in [9.17, 15) is 9.46 Å². The minimum absolute atomic E-state index is 0.424. The van der Waals surface area contributed by atoms with Gasteiger partial charge in [0.15, 0.2) is 0 Å². The van der Waals surface area contributed by atoms with Gasteiger partial charge in [-0.25, -0.2) is 4.52 Å². The van der Waals surface area contributed by atoms with Crippen LogP contribution in [-0.4, -0.2) is 18.1 Å². The zero-order chi connectivity index (χ0) is 38.0. The van der Waals surface area contributed by atoms with Crippen LogP contribution in [0.25, 0.3) is 40.4 Å². The van der Waals surface area contributed by atoms with Crippen LogP contribution in [0.5, 0.6) is 16.6 Å². The zero-order valence-corrected chi connectivity index (χ0v) is 36.1. The fraction of sp³-hybridized carbons (Fsp3) is 0.455. The van der Waals surface area contributed by atoms with E-state index in [1.807, 2.05) is 6.07 Å². The molecule has 1 unspecified atom stereocenters. The molecule has 0 bridgehead atoms. The van der Waals surface area contributed by atoms with E-state index in [4.69, 9.17) is 14.0 Å². The van der Waals surface area contributed by atoms with Gasteiger partial charge in [-0.1, -0.05) is 115 Å². The summed E-state index contributed by atoms with van der Waals surface area (Å²) in [5.41, 5.74) is 2.07. The largest absolute Gasteiger partial charge is 0.748 e. The van der Waals surface area contributed by atoms with Gasteiger partial charge in [0.25, 0.3) is 0 Å². The molecule has 10 heteroatoms. The highest BCUT2D eigenvalue weighted by molar-refractivity contribution is 7.33. The van der Waals surface area contributed by atoms with Crippen molar-refractivity contribution in [3.63, 3.8) is 0 Å². The molecule has 1 atom stereocenters. The first-order chi connectivity index (χ1) is 26.5. The third-order valence-corrected chi connectivity index (χ3v) is 14.1. The van der Waals surface area contributed by atoms with Crippen LogP contribution >= 0.6 is 53.6 Å². The number of rotatable bonds is 24. The first-order valence-electron chi connectivity index (χ1n) is 19.7. The Balaban J connectivity index is 1.42. The molecular formula is C44H54O5PS4+. The van der Waals surface area contributed by atoms with E-state index in [0.717, 1.165) is 79.1 Å². The number of thiophene rings is 4. The molecule has 0 radical (unpaired) electrons. The van der Waals surface area contributed by atoms with Gasteiger partial charge in [-0.15, -0.1) is 38.9 Å². The standard InChI is InChI=1S/C44H53O5PS4/c1-4-7-10-13-14-15-16-17-20-33-21-22-40(51-33)41-25-23-38(52-41)34-31-37(48-30-19-12-9-6-3)35(32-36(34)47-29-18-11-8-5-2)39-24-26-42(53-39)43-27-28-44(54-43)49-50(45)46/h21-28,31-32H,4-16,18-19,29-30H2,1-3H3/p+1. The van der Waals surface area contributed by atoms with Gasteiger partial charge in [0.05, 0.1) is 18.1 Å². The van der Waals surface area contributed by atoms with Gasteiger partial charge < -0.3 is 9.47 Å². The van der Waals surface area contributed by atoms with E-state index < -0.39 is 8.25 Å². The summed E-state index contributed by atoms with van der Waals surface area (Å²) in [6.07, 6.45) is 17.8. The Morgan fingerprint density at radius 2 is 1.02 bits per heavy atom. The van der Waals surface area contributed by atoms with Gasteiger partial charge in [0.2, 0.25) is 5.06 Å². The third-order valence-electron chi connectivity index (χ3n) is 9.04. The minimum atomic E-state index is -2.70. The average Bonchev–Trinajstić information content (AvgIpc) is 4.00. The Hall–Kier alpha value is -2.96. The summed E-state index contributed by atoms with van der Waals surface area (Å²) in [6.45, 7) is 8.03. The van der Waals surface area contributed by atoms with E-state index in [0.29, 0.717) is 18.3 Å². The van der Waals surface area contributed by atoms with Gasteiger partial charge in [0.1, 0.15) is 11.5 Å². The lowest BCUT2D eigenvalue weighted by molar-refractivity contribution is 0.299. The van der Waals surface area contributed by atoms with E-state index in [1.165, 1.54) is 85.3 Å². The van der Waals surface area contributed by atoms with Crippen molar-refractivity contribution in [1.82, 2.24) is 0 Å². The summed E-state index contributed by atoms with van der Waals surface area (Å²) in [4.78, 5) is 17.1. The Morgan fingerprint density at radius 3 is 1.59 bits per heavy atom. The lowest BCUT2D eigenvalue weighted by atomic mass is 10.1. The molecule has 5 rings (SSSR count). The monoisotopic (exact) mass is 821 g/mol. The van der Waals surface area contributed by atoms with E-state index >= 15 is 0 Å². The number of hydrogen-bond donors (Lipinski definition) is 1. The fourth-order valence-corrected chi connectivity index (χ4v) is 10.5. The second-order valence-electron chi connectivity index (χ2n) is 13.4. The molecule has 288 valence electrons. The summed E-state index contributed by atoms with van der Waals surface area (Å²) in [7, 11) is -2.70. The molecule has 0 fully saturated rings. The van der Waals surface area contributed by atoms with Crippen LogP contribution in [0.4, 0.5) is 0 Å². The highest BCUT2D eigenvalue weighted by Gasteiger charge is 2.21. The molecule has 0 aliphatic carbocycles. The molecule has 5 aromatic rings. The van der Waals surface area contributed by atoms with Gasteiger partial charge in [0, 0.05) is 51.4 Å². The van der Waals surface area contributed by atoms with Crippen molar-refractivity contribution in [2.45, 2.75) is 117 Å². The molecule has 0 saturated carbocycles. The third kappa shape index (κ3) is 13.1. The van der Waals surface area contributed by atoms with Crippen LogP contribution in [0.3, 0.4) is 0 Å². The normalized spacial score (nSPS) is 11.4. The SMILES string of the molecule is CCCCCCCCC#Cc1ccc(-c2ccc(-c3cc(OCCCCCC)c(-c4ccc(-c5ccc(O[P+](=O)O)s5)s4)cc3OCCCCCC)s2)s1. The number of hydrogen-bond acceptors (Lipinski definition) is 8. The van der Waals surface area contributed by atoms with Crippen LogP contribution in [0.1, 0.15) is 122 Å². The van der Waals surface area contributed by atoms with Crippen LogP contribution < -0.4 is 14.0 Å². The maximum Gasteiger partial charge on any atom is 0.748 e. The van der Waals surface area contributed by atoms with Gasteiger partial charge in [-0.2, -0.15) is 0 Å². The molecule has 0 saturated heterocycles. The van der Waals surface area contributed by atoms with Crippen molar-refractivity contribution >= 4 is 53.6 Å². The Labute approximate surface area is 339 Å². The van der Waals surface area contributed by atoms with Crippen molar-refractivity contribution in [1.29, 1.82) is 0 Å². The molecule has 0 aliphatic rings. The predicted octanol–water partition coefficient (Wildman–Crippen LogP) is 15.6. The molecule has 4 aromatic heterocycles. The van der Waals surface area contributed by atoms with Crippen LogP contribution in [0.15, 0.2) is 60.7 Å². The molecular weight excluding hydrogens is 768 g/mol. The van der Waals surface area contributed by atoms with Crippen LogP contribution in [0.2, 0.25) is 0 Å². The topological polar surface area (TPSA) is 65.0 Å². The Morgan fingerprint density at radius 1 is 0.556 bits per heavy atom. The first-order valence-corrected chi connectivity index (χ1v) is 24.1. The van der Waals surface area contributed by atoms with Crippen LogP contribution in [0, 0.1) is 11.8 Å². The Kier molecular flexibility index (Phi) is 18.1. The molecule has 4 heterocycles. The second-order valence-corrected chi connectivity index (χ2v) is 18.4. The summed E-state index contributed by atoms with van der Waals surface area (Å²) < 4.78 is 29.5. The van der Waals surface area contributed by atoms with Crippen molar-refractivity contribution in [2.24, 2.45) is 0 Å². The van der Waals surface area contributed by atoms with Gasteiger partial charge in [-0.3, -0.25) is 0 Å². The number of unbranched alkanes of at least 4 members (excludes halogenated alkanes) is 12. The van der Waals surface area contributed by atoms with Crippen molar-refractivity contribution in [3.8, 4) is 68.8 Å². The Bertz CT molecular complexity index is 1940. The minimum Gasteiger partial charge on any atom is -0.493 e. The quantitative estimate of drug-likeness (QED) is 0.0381. The molecule has 54 heavy (non-hydrogen) atoms. The van der Waals surface area contributed by atoms with Crippen molar-refractivity contribution in [3.05, 3.63) is 65.5 Å². The number of benzene rings is 1. The lowest BCUT2D eigenvalue weighted by Crippen LogP contribution is -2.02. The molecule has 1 aromatic carbocycles. The lowest BCUT2D eigenvalue weighted by Gasteiger charge is -2.17. The highest BCUT2D eigenvalue weighted by Crippen LogP contribution is 2.48. The predicted molar refractivity (Wildman–Crippen MR) is 234 cm³/mol. The molecule has 0 spiro atoms. The van der Waals surface area contributed by atoms with Crippen molar-refractivity contribution < 1.29 is 23.5 Å². The summed E-state index contributed by atoms with van der Waals surface area (Å²) in [6, 6.07) is 21.1. The first kappa shape index (κ1) is 42.2. The maximum absolute atomic E-state index is 11.2. The van der Waals surface area contributed by atoms with Crippen molar-refractivity contribution in [2.75, 3.05) is 13.2 Å². The van der Waals surface area contributed by atoms with Crippen LogP contribution in [-0.2, 0) is 4.57 Å². The molecule has 1 N–H and O–H groups in total. The maximum atomic E-state index is 11.2. The molecule has 0 aliphatic heterocycles. The number of ether oxygens (including phenoxy) is 2. The average molecular weight is 822 g/mol. The van der Waals surface area contributed by atoms with Gasteiger partial charge >= 0.3 is 8.25 Å². The van der Waals surface area contributed by atoms with E-state index in [1.54, 1.807) is 40.1 Å². The second kappa shape index (κ2) is 23.2. The fourth-order valence-electron chi connectivity index (χ4n) is 6.10. The van der Waals surface area contributed by atoms with E-state index in [2.05, 4.69) is 81.1 Å². The summed E-state index contributed by atoms with van der Waals surface area (Å²) in [5.74, 6) is 8.55. The summed E-state index contributed by atoms with van der Waals surface area (Å²) in [5, 5.41) is 0.424. The van der Waals surface area contributed by atoms with Gasteiger partial charge in [-0.05, 0) is 79.9 Å². The molecule has 5 nitrogen and oxygen atoms in total. The van der Waals surface area contributed by atoms with E-state index in [-0.39, 0.29) is 0 Å². The molecule has 0 amide bonds. The highest BCUT2D eigenvalue weighted by atomic mass is 32.1. The zero-order valence-electron chi connectivity index (χ0n) is 32.0.